The summed E-state index contributed by atoms with van der Waals surface area (Å²) in [5, 5.41) is 19.1. The van der Waals surface area contributed by atoms with Gasteiger partial charge < -0.3 is 4.90 Å². The molecule has 3 nitrogen and oxygen atoms in total. The van der Waals surface area contributed by atoms with Gasteiger partial charge in [0.1, 0.15) is 0 Å². The van der Waals surface area contributed by atoms with Crippen molar-refractivity contribution in [1.29, 1.82) is 10.5 Å². The molecule has 0 amide bonds. The molecule has 0 bridgehead atoms. The van der Waals surface area contributed by atoms with E-state index in [4.69, 9.17) is 0 Å². The van der Waals surface area contributed by atoms with Crippen LogP contribution in [0.2, 0.25) is 0 Å². The van der Waals surface area contributed by atoms with E-state index in [9.17, 15) is 10.5 Å². The fourth-order valence-corrected chi connectivity index (χ4v) is 4.11. The highest BCUT2D eigenvalue weighted by molar-refractivity contribution is 5.67. The summed E-state index contributed by atoms with van der Waals surface area (Å²) in [7, 11) is 4.08. The average molecular weight is 329 g/mol. The minimum absolute atomic E-state index is 0.273. The van der Waals surface area contributed by atoms with Gasteiger partial charge in [-0.05, 0) is 46.5 Å². The molecule has 0 N–H and O–H groups in total. The number of anilines is 1. The first-order chi connectivity index (χ1) is 11.6. The predicted molar refractivity (Wildman–Crippen MR) is 101 cm³/mol. The normalized spacial score (nSPS) is 16.2. The molecule has 3 rings (SSSR count). The first-order valence-corrected chi connectivity index (χ1v) is 8.46. The van der Waals surface area contributed by atoms with Crippen LogP contribution in [0.3, 0.4) is 0 Å². The van der Waals surface area contributed by atoms with Crippen LogP contribution in [0.15, 0.2) is 30.3 Å². The number of hydrogen-bond acceptors (Lipinski definition) is 3. The summed E-state index contributed by atoms with van der Waals surface area (Å²) in [6.07, 6.45) is 0. The van der Waals surface area contributed by atoms with E-state index in [1.165, 1.54) is 11.1 Å². The van der Waals surface area contributed by atoms with Gasteiger partial charge in [-0.1, -0.05) is 33.8 Å². The minimum Gasteiger partial charge on any atom is -0.378 e. The van der Waals surface area contributed by atoms with Crippen LogP contribution < -0.4 is 4.90 Å². The van der Waals surface area contributed by atoms with E-state index in [0.29, 0.717) is 11.1 Å². The van der Waals surface area contributed by atoms with Gasteiger partial charge in [0, 0.05) is 30.6 Å². The molecule has 3 heteroatoms. The summed E-state index contributed by atoms with van der Waals surface area (Å²) in [5.41, 5.74) is 6.38. The van der Waals surface area contributed by atoms with Crippen LogP contribution in [0.25, 0.3) is 0 Å². The molecular weight excluding hydrogens is 306 g/mol. The molecule has 1 aliphatic rings. The van der Waals surface area contributed by atoms with Crippen molar-refractivity contribution in [2.75, 3.05) is 19.0 Å². The lowest BCUT2D eigenvalue weighted by atomic mass is 9.59. The van der Waals surface area contributed by atoms with E-state index in [-0.39, 0.29) is 10.8 Å². The third-order valence-electron chi connectivity index (χ3n) is 5.55. The van der Waals surface area contributed by atoms with Crippen molar-refractivity contribution in [2.24, 2.45) is 0 Å². The highest BCUT2D eigenvalue weighted by Gasteiger charge is 2.43. The maximum atomic E-state index is 9.71. The Labute approximate surface area is 150 Å². The van der Waals surface area contributed by atoms with Gasteiger partial charge >= 0.3 is 0 Å². The van der Waals surface area contributed by atoms with Gasteiger partial charge in [-0.25, -0.2) is 0 Å². The van der Waals surface area contributed by atoms with E-state index in [0.717, 1.165) is 16.8 Å². The molecule has 0 aromatic heterocycles. The summed E-state index contributed by atoms with van der Waals surface area (Å²) in [4.78, 5) is 2.10. The van der Waals surface area contributed by atoms with Gasteiger partial charge in [-0.15, -0.1) is 0 Å². The zero-order chi connectivity index (χ0) is 18.6. The third kappa shape index (κ3) is 2.31. The summed E-state index contributed by atoms with van der Waals surface area (Å²) in [6, 6.07) is 14.8. The van der Waals surface area contributed by atoms with Crippen LogP contribution in [0.1, 0.15) is 61.1 Å². The second kappa shape index (κ2) is 5.36. The van der Waals surface area contributed by atoms with E-state index in [1.807, 2.05) is 20.2 Å². The quantitative estimate of drug-likeness (QED) is 0.776. The molecule has 0 aliphatic heterocycles. The lowest BCUT2D eigenvalue weighted by Gasteiger charge is -2.44. The third-order valence-corrected chi connectivity index (χ3v) is 5.55. The summed E-state index contributed by atoms with van der Waals surface area (Å²) in [6.45, 7) is 8.70. The van der Waals surface area contributed by atoms with Crippen LogP contribution in [0.4, 0.5) is 5.69 Å². The number of rotatable bonds is 1. The average Bonchev–Trinajstić information content (AvgIpc) is 2.58. The highest BCUT2D eigenvalue weighted by Crippen LogP contribution is 2.51. The second-order valence-corrected chi connectivity index (χ2v) is 8.04. The monoisotopic (exact) mass is 329 g/mol. The molecule has 2 aromatic carbocycles. The van der Waals surface area contributed by atoms with Crippen molar-refractivity contribution in [1.82, 2.24) is 0 Å². The molecule has 25 heavy (non-hydrogen) atoms. The van der Waals surface area contributed by atoms with E-state index >= 15 is 0 Å². The van der Waals surface area contributed by atoms with Gasteiger partial charge in [0.25, 0.3) is 0 Å². The number of nitrogens with zero attached hydrogens (tertiary/aromatic N) is 3. The summed E-state index contributed by atoms with van der Waals surface area (Å²) >= 11 is 0. The summed E-state index contributed by atoms with van der Waals surface area (Å²) in [5.74, 6) is 0. The first kappa shape index (κ1) is 17.1. The van der Waals surface area contributed by atoms with Crippen LogP contribution in [-0.4, -0.2) is 14.1 Å². The Bertz CT molecular complexity index is 950. The van der Waals surface area contributed by atoms with Crippen molar-refractivity contribution in [3.05, 3.63) is 63.7 Å². The molecule has 0 saturated carbocycles. The molecule has 0 unspecified atom stereocenters. The molecule has 0 spiro atoms. The maximum absolute atomic E-state index is 9.71. The van der Waals surface area contributed by atoms with Crippen molar-refractivity contribution in [3.63, 3.8) is 0 Å². The fourth-order valence-electron chi connectivity index (χ4n) is 4.11. The van der Waals surface area contributed by atoms with Crippen LogP contribution >= 0.6 is 0 Å². The Balaban J connectivity index is 2.43. The zero-order valence-corrected chi connectivity index (χ0v) is 15.7. The van der Waals surface area contributed by atoms with E-state index in [2.05, 4.69) is 62.9 Å². The molecule has 126 valence electrons. The Morgan fingerprint density at radius 2 is 1.48 bits per heavy atom. The van der Waals surface area contributed by atoms with Crippen molar-refractivity contribution < 1.29 is 0 Å². The predicted octanol–water partition coefficient (Wildman–Crippen LogP) is 4.46. The Hall–Kier alpha value is -2.78. The Morgan fingerprint density at radius 1 is 0.800 bits per heavy atom. The molecule has 0 saturated heterocycles. The Morgan fingerprint density at radius 3 is 2.04 bits per heavy atom. The topological polar surface area (TPSA) is 50.8 Å². The molecule has 0 atom stereocenters. The number of nitriles is 2. The van der Waals surface area contributed by atoms with Gasteiger partial charge in [0.15, 0.2) is 0 Å². The SMILES string of the molecule is CN(C)c1ccc2c(c1)C(C)(C)c1cc(C#N)cc(C#N)c1C2(C)C. The zero-order valence-electron chi connectivity index (χ0n) is 15.7. The van der Waals surface area contributed by atoms with Gasteiger partial charge in [-0.3, -0.25) is 0 Å². The largest absolute Gasteiger partial charge is 0.378 e. The molecule has 0 heterocycles. The number of hydrogen-bond donors (Lipinski definition) is 0. The van der Waals surface area contributed by atoms with Crippen LogP contribution in [0.5, 0.6) is 0 Å². The summed E-state index contributed by atoms with van der Waals surface area (Å²) < 4.78 is 0. The fraction of sp³-hybridized carbons (Fsp3) is 0.364. The van der Waals surface area contributed by atoms with Crippen molar-refractivity contribution in [3.8, 4) is 12.1 Å². The van der Waals surface area contributed by atoms with Crippen molar-refractivity contribution >= 4 is 5.69 Å². The minimum atomic E-state index is -0.288. The van der Waals surface area contributed by atoms with Gasteiger partial charge in [-0.2, -0.15) is 10.5 Å². The maximum Gasteiger partial charge on any atom is 0.0995 e. The van der Waals surface area contributed by atoms with E-state index in [1.54, 1.807) is 6.07 Å². The standard InChI is InChI=1S/C22H23N3/c1-21(2)18-11-16(25(5)6)7-8-17(18)22(3,4)20-15(13-24)9-14(12-23)10-19(20)21/h7-11H,1-6H3. The smallest absolute Gasteiger partial charge is 0.0995 e. The first-order valence-electron chi connectivity index (χ1n) is 8.46. The lowest BCUT2D eigenvalue weighted by molar-refractivity contribution is 0.519. The number of benzene rings is 2. The molecule has 0 fully saturated rings. The second-order valence-electron chi connectivity index (χ2n) is 8.04. The van der Waals surface area contributed by atoms with Gasteiger partial charge in [0.2, 0.25) is 0 Å². The Kier molecular flexibility index (Phi) is 3.66. The molecule has 0 radical (unpaired) electrons. The molecular formula is C22H23N3. The van der Waals surface area contributed by atoms with Crippen molar-refractivity contribution in [2.45, 2.75) is 38.5 Å². The highest BCUT2D eigenvalue weighted by atomic mass is 15.1. The molecule has 1 aliphatic carbocycles. The van der Waals surface area contributed by atoms with Crippen LogP contribution in [0, 0.1) is 22.7 Å². The van der Waals surface area contributed by atoms with Gasteiger partial charge in [0.05, 0.1) is 23.3 Å². The lowest BCUT2D eigenvalue weighted by Crippen LogP contribution is -2.37. The molecule has 2 aromatic rings. The van der Waals surface area contributed by atoms with Crippen LogP contribution in [-0.2, 0) is 10.8 Å². The van der Waals surface area contributed by atoms with E-state index < -0.39 is 0 Å². The number of fused-ring (bicyclic) bond motifs is 2.